The Balaban J connectivity index is 1.90. The summed E-state index contributed by atoms with van der Waals surface area (Å²) in [5, 5.41) is 13.7. The average Bonchev–Trinajstić information content (AvgIpc) is 2.73. The van der Waals surface area contributed by atoms with E-state index in [1.165, 1.54) is 36.4 Å². The highest BCUT2D eigenvalue weighted by Gasteiger charge is 2.19. The normalized spacial score (nSPS) is 11.5. The monoisotopic (exact) mass is 380 g/mol. The molecule has 1 atom stereocenters. The number of methoxy groups -OCH3 is 1. The van der Waals surface area contributed by atoms with Crippen LogP contribution >= 0.6 is 0 Å². The Hall–Kier alpha value is -3.74. The van der Waals surface area contributed by atoms with Gasteiger partial charge in [0.15, 0.2) is 0 Å². The number of halogens is 1. The van der Waals surface area contributed by atoms with Crippen molar-refractivity contribution in [2.45, 2.75) is 6.04 Å². The topological polar surface area (TPSA) is 81.5 Å². The predicted octanol–water partition coefficient (Wildman–Crippen LogP) is 4.26. The van der Waals surface area contributed by atoms with Gasteiger partial charge in [0.1, 0.15) is 11.6 Å². The molecule has 3 aromatic rings. The van der Waals surface area contributed by atoms with Crippen molar-refractivity contribution in [2.75, 3.05) is 7.11 Å². The molecular formula is C21H17FN2O4. The first-order valence-corrected chi connectivity index (χ1v) is 8.42. The average molecular weight is 380 g/mol. The summed E-state index contributed by atoms with van der Waals surface area (Å²) in [7, 11) is 1.56. The van der Waals surface area contributed by atoms with Crippen molar-refractivity contribution >= 4 is 11.6 Å². The van der Waals surface area contributed by atoms with Crippen LogP contribution in [-0.4, -0.2) is 17.9 Å². The van der Waals surface area contributed by atoms with Gasteiger partial charge >= 0.3 is 0 Å². The van der Waals surface area contributed by atoms with Crippen LogP contribution in [-0.2, 0) is 0 Å². The van der Waals surface area contributed by atoms with Gasteiger partial charge in [-0.1, -0.05) is 24.3 Å². The molecule has 3 aromatic carbocycles. The molecule has 0 fully saturated rings. The fourth-order valence-corrected chi connectivity index (χ4v) is 2.76. The second kappa shape index (κ2) is 8.30. The van der Waals surface area contributed by atoms with Gasteiger partial charge in [-0.3, -0.25) is 14.9 Å². The molecule has 6 nitrogen and oxygen atoms in total. The Kier molecular flexibility index (Phi) is 5.64. The van der Waals surface area contributed by atoms with Crippen LogP contribution in [0, 0.1) is 15.9 Å². The van der Waals surface area contributed by atoms with Gasteiger partial charge in [0, 0.05) is 17.7 Å². The third kappa shape index (κ3) is 4.32. The number of nitrogens with one attached hydrogen (secondary N) is 1. The highest BCUT2D eigenvalue weighted by molar-refractivity contribution is 5.94. The minimum atomic E-state index is -0.533. The van der Waals surface area contributed by atoms with Crippen molar-refractivity contribution in [1.29, 1.82) is 0 Å². The lowest BCUT2D eigenvalue weighted by molar-refractivity contribution is -0.384. The van der Waals surface area contributed by atoms with Crippen LogP contribution in [0.4, 0.5) is 10.1 Å². The maximum atomic E-state index is 13.3. The molecule has 28 heavy (non-hydrogen) atoms. The molecule has 0 aliphatic carbocycles. The molecule has 3 rings (SSSR count). The van der Waals surface area contributed by atoms with Crippen LogP contribution in [0.15, 0.2) is 72.8 Å². The van der Waals surface area contributed by atoms with E-state index in [0.29, 0.717) is 11.3 Å². The molecule has 142 valence electrons. The first-order valence-electron chi connectivity index (χ1n) is 8.42. The number of hydrogen-bond donors (Lipinski definition) is 1. The summed E-state index contributed by atoms with van der Waals surface area (Å²) in [6.07, 6.45) is 0. The van der Waals surface area contributed by atoms with Gasteiger partial charge in [-0.2, -0.15) is 0 Å². The zero-order valence-corrected chi connectivity index (χ0v) is 15.0. The molecule has 0 saturated carbocycles. The Morgan fingerprint density at radius 2 is 1.50 bits per heavy atom. The van der Waals surface area contributed by atoms with Gasteiger partial charge in [0.05, 0.1) is 18.1 Å². The molecule has 0 aliphatic rings. The Morgan fingerprint density at radius 1 is 0.964 bits per heavy atom. The fourth-order valence-electron chi connectivity index (χ4n) is 2.76. The van der Waals surface area contributed by atoms with E-state index < -0.39 is 16.9 Å². The number of non-ortho nitro benzene ring substituents is 1. The number of nitrogens with zero attached hydrogens (tertiary/aromatic N) is 1. The number of hydrogen-bond acceptors (Lipinski definition) is 4. The van der Waals surface area contributed by atoms with Crippen molar-refractivity contribution in [2.24, 2.45) is 0 Å². The van der Waals surface area contributed by atoms with E-state index in [1.54, 1.807) is 31.4 Å². The smallest absolute Gasteiger partial charge is 0.269 e. The van der Waals surface area contributed by atoms with Crippen LogP contribution in [0.5, 0.6) is 5.75 Å². The van der Waals surface area contributed by atoms with Crippen LogP contribution in [0.25, 0.3) is 0 Å². The van der Waals surface area contributed by atoms with E-state index in [9.17, 15) is 19.3 Å². The summed E-state index contributed by atoms with van der Waals surface area (Å²) in [5.74, 6) is -0.109. The van der Waals surface area contributed by atoms with E-state index in [1.807, 2.05) is 12.1 Å². The Bertz CT molecular complexity index is 971. The second-order valence-corrected chi connectivity index (χ2v) is 6.04. The van der Waals surface area contributed by atoms with Crippen LogP contribution in [0.1, 0.15) is 27.5 Å². The Morgan fingerprint density at radius 3 is 2.00 bits per heavy atom. The van der Waals surface area contributed by atoms with E-state index in [4.69, 9.17) is 4.74 Å². The van der Waals surface area contributed by atoms with Crippen molar-refractivity contribution in [1.82, 2.24) is 5.32 Å². The molecule has 0 aliphatic heterocycles. The summed E-state index contributed by atoms with van der Waals surface area (Å²) in [6, 6.07) is 17.8. The molecule has 0 saturated heterocycles. The second-order valence-electron chi connectivity index (χ2n) is 6.04. The van der Waals surface area contributed by atoms with Gasteiger partial charge in [0.2, 0.25) is 0 Å². The molecular weight excluding hydrogens is 363 g/mol. The van der Waals surface area contributed by atoms with Crippen molar-refractivity contribution < 1.29 is 18.8 Å². The van der Waals surface area contributed by atoms with Gasteiger partial charge in [-0.15, -0.1) is 0 Å². The van der Waals surface area contributed by atoms with Crippen molar-refractivity contribution in [3.63, 3.8) is 0 Å². The lowest BCUT2D eigenvalue weighted by Crippen LogP contribution is -2.29. The SMILES string of the molecule is COc1ccc(C(NC(=O)c2ccc([N+](=O)[O-])cc2)c2ccc(F)cc2)cc1. The third-order valence-electron chi connectivity index (χ3n) is 4.27. The molecule has 0 aromatic heterocycles. The van der Waals surface area contributed by atoms with Gasteiger partial charge in [-0.05, 0) is 47.5 Å². The standard InChI is InChI=1S/C21H17FN2O4/c1-28-19-12-6-15(7-13-19)20(14-2-8-17(22)9-3-14)23-21(25)16-4-10-18(11-5-16)24(26)27/h2-13,20H,1H3,(H,23,25). The molecule has 7 heteroatoms. The van der Waals surface area contributed by atoms with E-state index in [0.717, 1.165) is 5.56 Å². The largest absolute Gasteiger partial charge is 0.497 e. The van der Waals surface area contributed by atoms with E-state index >= 15 is 0 Å². The summed E-state index contributed by atoms with van der Waals surface area (Å²) in [6.45, 7) is 0. The Labute approximate surface area is 160 Å². The third-order valence-corrected chi connectivity index (χ3v) is 4.27. The summed E-state index contributed by atoms with van der Waals surface area (Å²) in [4.78, 5) is 22.9. The lowest BCUT2D eigenvalue weighted by atomic mass is 9.98. The number of carbonyl (C=O) groups excluding carboxylic acids is 1. The molecule has 0 bridgehead atoms. The van der Waals surface area contributed by atoms with Crippen molar-refractivity contribution in [3.8, 4) is 5.75 Å². The van der Waals surface area contributed by atoms with E-state index in [2.05, 4.69) is 5.32 Å². The summed E-state index contributed by atoms with van der Waals surface area (Å²) >= 11 is 0. The number of benzene rings is 3. The van der Waals surface area contributed by atoms with Crippen LogP contribution in [0.3, 0.4) is 0 Å². The number of nitro groups is 1. The van der Waals surface area contributed by atoms with Gasteiger partial charge < -0.3 is 10.1 Å². The van der Waals surface area contributed by atoms with Crippen LogP contribution < -0.4 is 10.1 Å². The first kappa shape index (κ1) is 19.0. The number of rotatable bonds is 6. The van der Waals surface area contributed by atoms with E-state index in [-0.39, 0.29) is 17.1 Å². The number of amides is 1. The molecule has 0 heterocycles. The molecule has 1 unspecified atom stereocenters. The predicted molar refractivity (Wildman–Crippen MR) is 102 cm³/mol. The number of ether oxygens (including phenoxy) is 1. The minimum absolute atomic E-state index is 0.0956. The maximum absolute atomic E-state index is 13.3. The number of carbonyl (C=O) groups is 1. The summed E-state index contributed by atoms with van der Waals surface area (Å²) in [5.41, 5.74) is 1.66. The van der Waals surface area contributed by atoms with Crippen LogP contribution in [0.2, 0.25) is 0 Å². The fraction of sp³-hybridized carbons (Fsp3) is 0.0952. The highest BCUT2D eigenvalue weighted by Crippen LogP contribution is 2.25. The quantitative estimate of drug-likeness (QED) is 0.512. The minimum Gasteiger partial charge on any atom is -0.497 e. The first-order chi connectivity index (χ1) is 13.5. The molecule has 0 radical (unpaired) electrons. The number of nitro benzene ring substituents is 1. The summed E-state index contributed by atoms with van der Waals surface area (Å²) < 4.78 is 18.5. The maximum Gasteiger partial charge on any atom is 0.269 e. The van der Waals surface area contributed by atoms with Gasteiger partial charge in [0.25, 0.3) is 11.6 Å². The zero-order chi connectivity index (χ0) is 20.1. The van der Waals surface area contributed by atoms with Gasteiger partial charge in [-0.25, -0.2) is 4.39 Å². The van der Waals surface area contributed by atoms with Crippen molar-refractivity contribution in [3.05, 3.63) is 105 Å². The lowest BCUT2D eigenvalue weighted by Gasteiger charge is -2.20. The molecule has 1 amide bonds. The highest BCUT2D eigenvalue weighted by atomic mass is 19.1. The molecule has 1 N–H and O–H groups in total. The molecule has 0 spiro atoms. The zero-order valence-electron chi connectivity index (χ0n) is 15.0.